The molecule has 30 heavy (non-hydrogen) atoms. The van der Waals surface area contributed by atoms with E-state index in [1.807, 2.05) is 29.2 Å². The Kier molecular flexibility index (Phi) is 6.21. The number of halogens is 2. The minimum absolute atomic E-state index is 0.0392. The van der Waals surface area contributed by atoms with Crippen LogP contribution in [0.2, 0.25) is 0 Å². The van der Waals surface area contributed by atoms with Crippen molar-refractivity contribution in [2.24, 2.45) is 5.92 Å². The van der Waals surface area contributed by atoms with E-state index in [2.05, 4.69) is 15.3 Å². The van der Waals surface area contributed by atoms with Gasteiger partial charge in [-0.05, 0) is 56.6 Å². The molecule has 1 saturated heterocycles. The highest BCUT2D eigenvalue weighted by Gasteiger charge is 2.31. The van der Waals surface area contributed by atoms with Crippen molar-refractivity contribution in [1.29, 1.82) is 0 Å². The van der Waals surface area contributed by atoms with Gasteiger partial charge in [0.15, 0.2) is 11.6 Å². The van der Waals surface area contributed by atoms with Crippen molar-refractivity contribution in [2.75, 3.05) is 23.3 Å². The van der Waals surface area contributed by atoms with Gasteiger partial charge in [-0.3, -0.25) is 0 Å². The Morgan fingerprint density at radius 2 is 1.77 bits per heavy atom. The maximum atomic E-state index is 15.3. The number of alkyl halides is 1. The molecule has 1 aliphatic heterocycles. The zero-order chi connectivity index (χ0) is 21.1. The van der Waals surface area contributed by atoms with E-state index in [1.54, 1.807) is 13.8 Å². The van der Waals surface area contributed by atoms with Crippen molar-refractivity contribution in [1.82, 2.24) is 9.97 Å². The van der Waals surface area contributed by atoms with Gasteiger partial charge in [-0.1, -0.05) is 43.5 Å². The van der Waals surface area contributed by atoms with Crippen molar-refractivity contribution in [3.05, 3.63) is 47.5 Å². The van der Waals surface area contributed by atoms with E-state index < -0.39 is 5.67 Å². The van der Waals surface area contributed by atoms with E-state index in [0.717, 1.165) is 31.5 Å². The highest BCUT2D eigenvalue weighted by atomic mass is 19.1. The number of hydrogen-bond donors (Lipinski definition) is 1. The van der Waals surface area contributed by atoms with Crippen LogP contribution in [0.4, 0.5) is 20.4 Å². The fraction of sp³-hybridized carbons (Fsp3) is 0.583. The summed E-state index contributed by atoms with van der Waals surface area (Å²) in [6.45, 7) is 4.62. The molecule has 2 aliphatic rings. The smallest absolute Gasteiger partial charge is 0.207 e. The molecule has 2 fully saturated rings. The number of hydrogen-bond acceptors (Lipinski definition) is 4. The van der Waals surface area contributed by atoms with Crippen molar-refractivity contribution in [3.8, 4) is 0 Å². The summed E-state index contributed by atoms with van der Waals surface area (Å²) in [5.74, 6) is 0.871. The van der Waals surface area contributed by atoms with Gasteiger partial charge in [0, 0.05) is 13.1 Å². The van der Waals surface area contributed by atoms with Crippen LogP contribution in [0.15, 0.2) is 30.6 Å². The van der Waals surface area contributed by atoms with E-state index in [4.69, 9.17) is 0 Å². The molecule has 0 spiro atoms. The SMILES string of the molecule is CC(C)(F)c1ccc([C@H]2CCCN2c2ncnc(NCC3CCCCC3)c2F)cc1. The fourth-order valence-corrected chi connectivity index (χ4v) is 4.78. The molecular formula is C24H32F2N4. The summed E-state index contributed by atoms with van der Waals surface area (Å²) >= 11 is 0. The lowest BCUT2D eigenvalue weighted by Crippen LogP contribution is -2.26. The highest BCUT2D eigenvalue weighted by Crippen LogP contribution is 2.38. The molecule has 1 atom stereocenters. The first-order valence-corrected chi connectivity index (χ1v) is 11.2. The van der Waals surface area contributed by atoms with Crippen LogP contribution in [-0.4, -0.2) is 23.1 Å². The first-order chi connectivity index (χ1) is 14.4. The predicted molar refractivity (Wildman–Crippen MR) is 117 cm³/mol. The number of anilines is 2. The lowest BCUT2D eigenvalue weighted by Gasteiger charge is -2.27. The molecule has 2 heterocycles. The lowest BCUT2D eigenvalue weighted by molar-refractivity contribution is 0.221. The van der Waals surface area contributed by atoms with Crippen LogP contribution in [0.25, 0.3) is 0 Å². The normalized spacial score (nSPS) is 20.5. The average Bonchev–Trinajstić information content (AvgIpc) is 3.23. The lowest BCUT2D eigenvalue weighted by atomic mass is 9.89. The standard InChI is InChI=1S/C24H32F2N4/c1-24(2,26)19-12-10-18(11-13-19)20-9-6-14-30(20)23-21(25)22(28-16-29-23)27-15-17-7-4-3-5-8-17/h10-13,16-17,20H,3-9,14-15H2,1-2H3,(H,27,28,29)/t20-/m1/s1. The zero-order valence-corrected chi connectivity index (χ0v) is 18.0. The topological polar surface area (TPSA) is 41.1 Å². The first kappa shape index (κ1) is 21.0. The van der Waals surface area contributed by atoms with Crippen molar-refractivity contribution in [3.63, 3.8) is 0 Å². The summed E-state index contributed by atoms with van der Waals surface area (Å²) in [5, 5.41) is 3.23. The van der Waals surface area contributed by atoms with Gasteiger partial charge < -0.3 is 10.2 Å². The molecule has 1 N–H and O–H groups in total. The van der Waals surface area contributed by atoms with Gasteiger partial charge in [0.2, 0.25) is 5.82 Å². The highest BCUT2D eigenvalue weighted by molar-refractivity contribution is 5.53. The maximum absolute atomic E-state index is 15.3. The summed E-state index contributed by atoms with van der Waals surface area (Å²) in [5.41, 5.74) is 0.347. The molecule has 0 bridgehead atoms. The Bertz CT molecular complexity index is 841. The van der Waals surface area contributed by atoms with Gasteiger partial charge in [-0.25, -0.2) is 14.4 Å². The Hall–Kier alpha value is -2.24. The number of nitrogens with zero attached hydrogens (tertiary/aromatic N) is 3. The minimum Gasteiger partial charge on any atom is -0.367 e. The van der Waals surface area contributed by atoms with Gasteiger partial charge in [-0.2, -0.15) is 4.39 Å². The number of aromatic nitrogens is 2. The molecule has 1 aliphatic carbocycles. The van der Waals surface area contributed by atoms with E-state index in [-0.39, 0.29) is 11.9 Å². The molecule has 0 amide bonds. The molecule has 1 aromatic heterocycles. The quantitative estimate of drug-likeness (QED) is 0.615. The predicted octanol–water partition coefficient (Wildman–Crippen LogP) is 6.15. The van der Waals surface area contributed by atoms with E-state index >= 15 is 4.39 Å². The Balaban J connectivity index is 1.51. The number of rotatable bonds is 6. The molecule has 4 nitrogen and oxygen atoms in total. The summed E-state index contributed by atoms with van der Waals surface area (Å²) in [4.78, 5) is 10.5. The Morgan fingerprint density at radius 1 is 1.03 bits per heavy atom. The number of benzene rings is 1. The molecule has 162 valence electrons. The third-order valence-corrected chi connectivity index (χ3v) is 6.56. The Morgan fingerprint density at radius 3 is 2.47 bits per heavy atom. The first-order valence-electron chi connectivity index (χ1n) is 11.2. The molecule has 1 saturated carbocycles. The van der Waals surface area contributed by atoms with Gasteiger partial charge >= 0.3 is 0 Å². The number of nitrogens with one attached hydrogen (secondary N) is 1. The van der Waals surface area contributed by atoms with E-state index in [0.29, 0.717) is 23.1 Å². The molecule has 0 unspecified atom stereocenters. The minimum atomic E-state index is -1.37. The second-order valence-corrected chi connectivity index (χ2v) is 9.19. The second kappa shape index (κ2) is 8.86. The van der Waals surface area contributed by atoms with Crippen molar-refractivity contribution in [2.45, 2.75) is 70.5 Å². The molecule has 2 aromatic rings. The van der Waals surface area contributed by atoms with Crippen LogP contribution in [-0.2, 0) is 5.67 Å². The van der Waals surface area contributed by atoms with E-state index in [1.165, 1.54) is 38.4 Å². The maximum Gasteiger partial charge on any atom is 0.207 e. The summed E-state index contributed by atoms with van der Waals surface area (Å²) in [6.07, 6.45) is 9.57. The molecule has 6 heteroatoms. The summed E-state index contributed by atoms with van der Waals surface area (Å²) in [7, 11) is 0. The molecule has 0 radical (unpaired) electrons. The second-order valence-electron chi connectivity index (χ2n) is 9.19. The fourth-order valence-electron chi connectivity index (χ4n) is 4.78. The average molecular weight is 415 g/mol. The van der Waals surface area contributed by atoms with Crippen LogP contribution in [0, 0.1) is 11.7 Å². The van der Waals surface area contributed by atoms with Crippen LogP contribution >= 0.6 is 0 Å². The summed E-state index contributed by atoms with van der Waals surface area (Å²) < 4.78 is 29.5. The molecular weight excluding hydrogens is 382 g/mol. The Labute approximate surface area is 178 Å². The largest absolute Gasteiger partial charge is 0.367 e. The molecule has 1 aromatic carbocycles. The van der Waals surface area contributed by atoms with Crippen LogP contribution < -0.4 is 10.2 Å². The van der Waals surface area contributed by atoms with Crippen molar-refractivity contribution < 1.29 is 8.78 Å². The van der Waals surface area contributed by atoms with Gasteiger partial charge in [0.1, 0.15) is 12.0 Å². The third kappa shape index (κ3) is 4.57. The summed E-state index contributed by atoms with van der Waals surface area (Å²) in [6, 6.07) is 7.62. The van der Waals surface area contributed by atoms with Gasteiger partial charge in [0.25, 0.3) is 0 Å². The van der Waals surface area contributed by atoms with Gasteiger partial charge in [0.05, 0.1) is 6.04 Å². The molecule has 4 rings (SSSR count). The van der Waals surface area contributed by atoms with Crippen LogP contribution in [0.3, 0.4) is 0 Å². The monoisotopic (exact) mass is 414 g/mol. The third-order valence-electron chi connectivity index (χ3n) is 6.56. The van der Waals surface area contributed by atoms with Crippen LogP contribution in [0.1, 0.15) is 76.0 Å². The zero-order valence-electron chi connectivity index (χ0n) is 18.0. The van der Waals surface area contributed by atoms with Crippen molar-refractivity contribution >= 4 is 11.6 Å². The van der Waals surface area contributed by atoms with Crippen LogP contribution in [0.5, 0.6) is 0 Å². The van der Waals surface area contributed by atoms with E-state index in [9.17, 15) is 4.39 Å². The van der Waals surface area contributed by atoms with Gasteiger partial charge in [-0.15, -0.1) is 0 Å².